The van der Waals surface area contributed by atoms with Crippen molar-refractivity contribution in [2.75, 3.05) is 5.32 Å². The minimum absolute atomic E-state index is 0.223. The van der Waals surface area contributed by atoms with Crippen molar-refractivity contribution >= 4 is 11.8 Å². The highest BCUT2D eigenvalue weighted by molar-refractivity contribution is 5.84. The van der Waals surface area contributed by atoms with Crippen LogP contribution in [-0.2, 0) is 18.3 Å². The second-order valence-electron chi connectivity index (χ2n) is 7.04. The van der Waals surface area contributed by atoms with Crippen LogP contribution in [0.1, 0.15) is 44.9 Å². The Morgan fingerprint density at radius 3 is 2.42 bits per heavy atom. The molecule has 0 radical (unpaired) electrons. The number of rotatable bonds is 5. The summed E-state index contributed by atoms with van der Waals surface area (Å²) >= 11 is 0. The molecule has 1 heterocycles. The van der Waals surface area contributed by atoms with Crippen molar-refractivity contribution < 1.29 is 9.53 Å². The molecule has 0 spiro atoms. The number of hydrogen-bond donors (Lipinski definition) is 2. The van der Waals surface area contributed by atoms with Gasteiger partial charge in [-0.1, -0.05) is 12.1 Å². The molecule has 2 rings (SSSR count). The van der Waals surface area contributed by atoms with E-state index in [0.717, 1.165) is 12.2 Å². The normalized spacial score (nSPS) is 12.7. The van der Waals surface area contributed by atoms with Crippen LogP contribution in [0.5, 0.6) is 0 Å². The van der Waals surface area contributed by atoms with E-state index >= 15 is 0 Å². The van der Waals surface area contributed by atoms with E-state index in [1.807, 2.05) is 62.8 Å². The number of nitrogens with zero attached hydrogens (tertiary/aromatic N) is 1. The van der Waals surface area contributed by atoms with E-state index in [0.29, 0.717) is 0 Å². The topological polar surface area (TPSA) is 55.3 Å². The summed E-state index contributed by atoms with van der Waals surface area (Å²) in [5, 5.41) is 6.24. The van der Waals surface area contributed by atoms with Crippen LogP contribution in [-0.4, -0.2) is 16.3 Å². The van der Waals surface area contributed by atoms with Gasteiger partial charge in [-0.15, -0.1) is 0 Å². The Hall–Kier alpha value is -2.27. The number of ether oxygens (including phenoxy) is 1. The van der Waals surface area contributed by atoms with Gasteiger partial charge in [0.1, 0.15) is 5.60 Å². The van der Waals surface area contributed by atoms with Gasteiger partial charge in [-0.25, -0.2) is 4.79 Å². The Morgan fingerprint density at radius 1 is 1.21 bits per heavy atom. The van der Waals surface area contributed by atoms with E-state index < -0.39 is 11.7 Å². The first-order chi connectivity index (χ1) is 11.2. The van der Waals surface area contributed by atoms with Gasteiger partial charge in [-0.05, 0) is 57.0 Å². The minimum atomic E-state index is -0.500. The molecule has 1 unspecified atom stereocenters. The van der Waals surface area contributed by atoms with Crippen molar-refractivity contribution in [3.8, 4) is 0 Å². The smallest absolute Gasteiger partial charge is 0.412 e. The second-order valence-corrected chi connectivity index (χ2v) is 7.04. The van der Waals surface area contributed by atoms with Gasteiger partial charge in [-0.3, -0.25) is 5.32 Å². The maximum absolute atomic E-state index is 11.8. The highest BCUT2D eigenvalue weighted by Gasteiger charge is 2.16. The van der Waals surface area contributed by atoms with Crippen molar-refractivity contribution in [1.29, 1.82) is 0 Å². The number of aromatic nitrogens is 1. The second kappa shape index (κ2) is 7.53. The van der Waals surface area contributed by atoms with E-state index in [1.54, 1.807) is 0 Å². The number of carbonyl (C=O) groups is 1. The van der Waals surface area contributed by atoms with Crippen molar-refractivity contribution in [3.05, 3.63) is 53.9 Å². The molecule has 1 amide bonds. The van der Waals surface area contributed by atoms with Crippen LogP contribution < -0.4 is 10.6 Å². The van der Waals surface area contributed by atoms with Crippen molar-refractivity contribution in [2.45, 2.75) is 45.9 Å². The number of hydrogen-bond acceptors (Lipinski definition) is 3. The van der Waals surface area contributed by atoms with Gasteiger partial charge in [-0.2, -0.15) is 0 Å². The molecule has 24 heavy (non-hydrogen) atoms. The molecule has 0 saturated carbocycles. The lowest BCUT2D eigenvalue weighted by molar-refractivity contribution is 0.0636. The molecular formula is C19H27N3O2. The summed E-state index contributed by atoms with van der Waals surface area (Å²) in [5.41, 5.74) is 2.65. The van der Waals surface area contributed by atoms with Crippen molar-refractivity contribution in [3.63, 3.8) is 0 Å². The van der Waals surface area contributed by atoms with Crippen LogP contribution >= 0.6 is 0 Å². The van der Waals surface area contributed by atoms with Gasteiger partial charge in [0, 0.05) is 37.7 Å². The Kier molecular flexibility index (Phi) is 5.67. The zero-order chi connectivity index (χ0) is 17.7. The zero-order valence-electron chi connectivity index (χ0n) is 15.1. The summed E-state index contributed by atoms with van der Waals surface area (Å²) in [6.45, 7) is 8.47. The lowest BCUT2D eigenvalue weighted by Crippen LogP contribution is -2.27. The molecule has 0 bridgehead atoms. The third kappa shape index (κ3) is 5.74. The standard InChI is InChI=1S/C19H27N3O2/c1-14(20-12-15-10-11-22(5)13-15)16-6-8-17(9-7-16)21-18(23)24-19(2,3)4/h6-11,13-14,20H,12H2,1-5H3,(H,21,23). The number of nitrogens with one attached hydrogen (secondary N) is 2. The molecule has 0 saturated heterocycles. The zero-order valence-corrected chi connectivity index (χ0v) is 15.1. The highest BCUT2D eigenvalue weighted by Crippen LogP contribution is 2.17. The molecule has 1 aromatic carbocycles. The quantitative estimate of drug-likeness (QED) is 0.863. The summed E-state index contributed by atoms with van der Waals surface area (Å²) in [6.07, 6.45) is 3.71. The molecule has 130 valence electrons. The van der Waals surface area contributed by atoms with Crippen molar-refractivity contribution in [2.24, 2.45) is 7.05 Å². The lowest BCUT2D eigenvalue weighted by atomic mass is 10.1. The number of aryl methyl sites for hydroxylation is 1. The van der Waals surface area contributed by atoms with Crippen LogP contribution in [0.25, 0.3) is 0 Å². The molecule has 0 fully saturated rings. The predicted molar refractivity (Wildman–Crippen MR) is 97.0 cm³/mol. The molecule has 2 N–H and O–H groups in total. The Morgan fingerprint density at radius 2 is 1.88 bits per heavy atom. The first-order valence-electron chi connectivity index (χ1n) is 8.17. The van der Waals surface area contributed by atoms with Crippen LogP contribution in [0, 0.1) is 0 Å². The van der Waals surface area contributed by atoms with Gasteiger partial charge >= 0.3 is 6.09 Å². The Labute approximate surface area is 144 Å². The fraction of sp³-hybridized carbons (Fsp3) is 0.421. The lowest BCUT2D eigenvalue weighted by Gasteiger charge is -2.20. The molecule has 2 aromatic rings. The summed E-state index contributed by atoms with van der Waals surface area (Å²) in [4.78, 5) is 11.8. The third-order valence-corrected chi connectivity index (χ3v) is 3.56. The van der Waals surface area contributed by atoms with E-state index in [-0.39, 0.29) is 6.04 Å². The van der Waals surface area contributed by atoms with Gasteiger partial charge in [0.25, 0.3) is 0 Å². The summed E-state index contributed by atoms with van der Waals surface area (Å²) in [7, 11) is 2.02. The fourth-order valence-corrected chi connectivity index (χ4v) is 2.33. The average molecular weight is 329 g/mol. The molecule has 1 atom stereocenters. The molecule has 0 aliphatic carbocycles. The summed E-state index contributed by atoms with van der Waals surface area (Å²) in [6, 6.07) is 10.1. The number of anilines is 1. The first-order valence-corrected chi connectivity index (χ1v) is 8.17. The maximum Gasteiger partial charge on any atom is 0.412 e. The van der Waals surface area contributed by atoms with Crippen LogP contribution in [0.4, 0.5) is 10.5 Å². The highest BCUT2D eigenvalue weighted by atomic mass is 16.6. The third-order valence-electron chi connectivity index (χ3n) is 3.56. The monoisotopic (exact) mass is 329 g/mol. The van der Waals surface area contributed by atoms with Gasteiger partial charge in [0.15, 0.2) is 0 Å². The Bertz CT molecular complexity index is 669. The molecule has 0 aliphatic heterocycles. The largest absolute Gasteiger partial charge is 0.444 e. The summed E-state index contributed by atoms with van der Waals surface area (Å²) < 4.78 is 7.28. The van der Waals surface area contributed by atoms with Crippen molar-refractivity contribution in [1.82, 2.24) is 9.88 Å². The minimum Gasteiger partial charge on any atom is -0.444 e. The van der Waals surface area contributed by atoms with Gasteiger partial charge in [0.2, 0.25) is 0 Å². The van der Waals surface area contributed by atoms with Crippen LogP contribution in [0.2, 0.25) is 0 Å². The fourth-order valence-electron chi connectivity index (χ4n) is 2.33. The number of benzene rings is 1. The predicted octanol–water partition coefficient (Wildman–Crippen LogP) is 4.22. The Balaban J connectivity index is 1.87. The number of carbonyl (C=O) groups excluding carboxylic acids is 1. The SMILES string of the molecule is CC(NCc1ccn(C)c1)c1ccc(NC(=O)OC(C)(C)C)cc1. The van der Waals surface area contributed by atoms with E-state index in [2.05, 4.69) is 29.8 Å². The van der Waals surface area contributed by atoms with E-state index in [1.165, 1.54) is 11.1 Å². The van der Waals surface area contributed by atoms with Gasteiger partial charge in [0.05, 0.1) is 0 Å². The molecule has 5 nitrogen and oxygen atoms in total. The van der Waals surface area contributed by atoms with Crippen LogP contribution in [0.15, 0.2) is 42.7 Å². The summed E-state index contributed by atoms with van der Waals surface area (Å²) in [5.74, 6) is 0. The average Bonchev–Trinajstić information content (AvgIpc) is 2.89. The van der Waals surface area contributed by atoms with E-state index in [9.17, 15) is 4.79 Å². The molecule has 1 aromatic heterocycles. The van der Waals surface area contributed by atoms with E-state index in [4.69, 9.17) is 4.74 Å². The van der Waals surface area contributed by atoms with Crippen LogP contribution in [0.3, 0.4) is 0 Å². The molecule has 0 aliphatic rings. The maximum atomic E-state index is 11.8. The molecule has 5 heteroatoms. The van der Waals surface area contributed by atoms with Gasteiger partial charge < -0.3 is 14.6 Å². The number of amides is 1. The first kappa shape index (κ1) is 18.1. The molecular weight excluding hydrogens is 302 g/mol.